The third-order valence-corrected chi connectivity index (χ3v) is 5.85. The number of amides is 4. The number of imidazole rings is 1. The van der Waals surface area contributed by atoms with Crippen molar-refractivity contribution in [2.45, 2.75) is 26.9 Å². The number of aromatic nitrogens is 2. The van der Waals surface area contributed by atoms with Crippen molar-refractivity contribution in [3.63, 3.8) is 0 Å². The van der Waals surface area contributed by atoms with Crippen molar-refractivity contribution in [2.75, 3.05) is 13.6 Å². The number of imide groups is 1. The number of carbonyl (C=O) groups excluding carboxylic acids is 3. The molecular formula is C20H21N5O3S. The van der Waals surface area contributed by atoms with Gasteiger partial charge in [-0.25, -0.2) is 9.78 Å². The zero-order chi connectivity index (χ0) is 20.7. The summed E-state index contributed by atoms with van der Waals surface area (Å²) >= 11 is 1.63. The van der Waals surface area contributed by atoms with Crippen molar-refractivity contribution in [2.24, 2.45) is 0 Å². The van der Waals surface area contributed by atoms with Gasteiger partial charge < -0.3 is 10.2 Å². The highest BCUT2D eigenvalue weighted by atomic mass is 32.1. The highest BCUT2D eigenvalue weighted by Gasteiger charge is 2.28. The van der Waals surface area contributed by atoms with Gasteiger partial charge in [0.2, 0.25) is 5.91 Å². The summed E-state index contributed by atoms with van der Waals surface area (Å²) in [6, 6.07) is 6.59. The quantitative estimate of drug-likeness (QED) is 0.653. The van der Waals surface area contributed by atoms with Gasteiger partial charge in [-0.05, 0) is 31.5 Å². The van der Waals surface area contributed by atoms with Gasteiger partial charge in [-0.15, -0.1) is 11.3 Å². The van der Waals surface area contributed by atoms with E-state index in [9.17, 15) is 14.4 Å². The number of carbonyl (C=O) groups is 3. The van der Waals surface area contributed by atoms with Crippen molar-refractivity contribution in [3.05, 3.63) is 57.9 Å². The van der Waals surface area contributed by atoms with E-state index in [1.54, 1.807) is 47.5 Å². The topological polar surface area (TPSA) is 87.0 Å². The fraction of sp³-hybridized carbons (Fsp3) is 0.300. The van der Waals surface area contributed by atoms with Gasteiger partial charge in [-0.1, -0.05) is 12.1 Å². The smallest absolute Gasteiger partial charge is 0.324 e. The first-order chi connectivity index (χ1) is 13.8. The Labute approximate surface area is 171 Å². The summed E-state index contributed by atoms with van der Waals surface area (Å²) in [6.07, 6.45) is 2.04. The molecule has 0 unspecified atom stereocenters. The van der Waals surface area contributed by atoms with Crippen molar-refractivity contribution in [1.82, 2.24) is 24.5 Å². The van der Waals surface area contributed by atoms with Crippen LogP contribution in [0.3, 0.4) is 0 Å². The van der Waals surface area contributed by atoms with E-state index in [4.69, 9.17) is 0 Å². The third-order valence-electron chi connectivity index (χ3n) is 4.95. The Morgan fingerprint density at radius 2 is 1.97 bits per heavy atom. The second-order valence-corrected chi connectivity index (χ2v) is 8.35. The normalized spacial score (nSPS) is 14.0. The molecule has 1 aliphatic heterocycles. The molecule has 4 rings (SSSR count). The summed E-state index contributed by atoms with van der Waals surface area (Å²) in [5.41, 5.74) is 3.25. The van der Waals surface area contributed by atoms with Crippen LogP contribution < -0.4 is 5.32 Å². The van der Waals surface area contributed by atoms with Crippen LogP contribution in [-0.2, 0) is 17.9 Å². The molecular weight excluding hydrogens is 390 g/mol. The fourth-order valence-electron chi connectivity index (χ4n) is 3.37. The molecule has 150 valence electrons. The number of hydrogen-bond donors (Lipinski definition) is 1. The first kappa shape index (κ1) is 19.1. The molecule has 0 radical (unpaired) electrons. The average Bonchev–Trinajstić information content (AvgIpc) is 3.30. The van der Waals surface area contributed by atoms with Crippen molar-refractivity contribution >= 4 is 34.1 Å². The van der Waals surface area contributed by atoms with Crippen LogP contribution in [0.4, 0.5) is 4.79 Å². The Hall–Kier alpha value is -3.20. The number of nitrogens with one attached hydrogen (secondary N) is 1. The van der Waals surface area contributed by atoms with E-state index >= 15 is 0 Å². The SMILES string of the molecule is Cc1cn2c(CN(C)C(=O)c3ccc(CN4C(=O)CNC4=O)cc3)c(C)nc2s1. The molecule has 2 aromatic heterocycles. The van der Waals surface area contributed by atoms with Gasteiger partial charge in [0.05, 0.1) is 31.0 Å². The zero-order valence-electron chi connectivity index (χ0n) is 16.4. The Morgan fingerprint density at radius 1 is 1.24 bits per heavy atom. The van der Waals surface area contributed by atoms with E-state index in [-0.39, 0.29) is 30.9 Å². The lowest BCUT2D eigenvalue weighted by atomic mass is 10.1. The van der Waals surface area contributed by atoms with Crippen LogP contribution in [0.25, 0.3) is 4.96 Å². The minimum atomic E-state index is -0.388. The largest absolute Gasteiger partial charge is 0.336 e. The molecule has 0 aliphatic carbocycles. The summed E-state index contributed by atoms with van der Waals surface area (Å²) in [5, 5.41) is 2.49. The molecule has 8 nitrogen and oxygen atoms in total. The number of nitrogens with zero attached hydrogens (tertiary/aromatic N) is 4. The van der Waals surface area contributed by atoms with Crippen molar-refractivity contribution < 1.29 is 14.4 Å². The lowest BCUT2D eigenvalue weighted by Crippen LogP contribution is -2.30. The van der Waals surface area contributed by atoms with Gasteiger partial charge in [0.15, 0.2) is 4.96 Å². The molecule has 0 bridgehead atoms. The standard InChI is InChI=1S/C20H21N5O3S/c1-12-9-24-16(13(2)22-20(24)29-12)11-23(3)18(27)15-6-4-14(5-7-15)10-25-17(26)8-21-19(25)28/h4-7,9H,8,10-11H2,1-3H3,(H,21,28). The van der Waals surface area contributed by atoms with E-state index in [0.29, 0.717) is 12.1 Å². The Kier molecular flexibility index (Phi) is 4.83. The lowest BCUT2D eigenvalue weighted by molar-refractivity contribution is -0.125. The number of aryl methyl sites for hydroxylation is 2. The van der Waals surface area contributed by atoms with Crippen LogP contribution in [-0.4, -0.2) is 50.6 Å². The first-order valence-electron chi connectivity index (χ1n) is 9.20. The Balaban J connectivity index is 1.46. The Bertz CT molecular complexity index is 1100. The number of hydrogen-bond acceptors (Lipinski definition) is 5. The summed E-state index contributed by atoms with van der Waals surface area (Å²) in [7, 11) is 1.77. The maximum atomic E-state index is 12.9. The molecule has 1 N–H and O–H groups in total. The molecule has 1 saturated heterocycles. The summed E-state index contributed by atoms with van der Waals surface area (Å²) in [6.45, 7) is 4.67. The van der Waals surface area contributed by atoms with E-state index in [2.05, 4.69) is 10.3 Å². The lowest BCUT2D eigenvalue weighted by Gasteiger charge is -2.18. The summed E-state index contributed by atoms with van der Waals surface area (Å²) in [5.74, 6) is -0.353. The fourth-order valence-corrected chi connectivity index (χ4v) is 4.26. The van der Waals surface area contributed by atoms with E-state index in [1.807, 2.05) is 24.4 Å². The molecule has 0 atom stereocenters. The zero-order valence-corrected chi connectivity index (χ0v) is 17.2. The summed E-state index contributed by atoms with van der Waals surface area (Å²) in [4.78, 5) is 45.7. The number of rotatable bonds is 5. The van der Waals surface area contributed by atoms with Gasteiger partial charge in [0.25, 0.3) is 5.91 Å². The van der Waals surface area contributed by atoms with Crippen molar-refractivity contribution in [3.8, 4) is 0 Å². The molecule has 3 heterocycles. The van der Waals surface area contributed by atoms with Gasteiger partial charge in [0, 0.05) is 23.7 Å². The molecule has 0 saturated carbocycles. The maximum Gasteiger partial charge on any atom is 0.324 e. The third kappa shape index (κ3) is 3.61. The molecule has 9 heteroatoms. The van der Waals surface area contributed by atoms with Crippen LogP contribution in [0.15, 0.2) is 30.5 Å². The number of thiazole rings is 1. The van der Waals surface area contributed by atoms with Crippen LogP contribution >= 0.6 is 11.3 Å². The molecule has 4 amide bonds. The molecule has 29 heavy (non-hydrogen) atoms. The predicted octanol–water partition coefficient (Wildman–Crippen LogP) is 2.34. The van der Waals surface area contributed by atoms with Gasteiger partial charge in [-0.2, -0.15) is 0 Å². The van der Waals surface area contributed by atoms with Gasteiger partial charge >= 0.3 is 6.03 Å². The number of benzene rings is 1. The molecule has 1 aliphatic rings. The highest BCUT2D eigenvalue weighted by molar-refractivity contribution is 7.17. The highest BCUT2D eigenvalue weighted by Crippen LogP contribution is 2.22. The van der Waals surface area contributed by atoms with E-state index in [0.717, 1.165) is 21.9 Å². The first-order valence-corrected chi connectivity index (χ1v) is 10.0. The van der Waals surface area contributed by atoms with Crippen molar-refractivity contribution in [1.29, 1.82) is 0 Å². The molecule has 1 fully saturated rings. The minimum absolute atomic E-state index is 0.0329. The second-order valence-electron chi connectivity index (χ2n) is 7.14. The average molecular weight is 411 g/mol. The van der Waals surface area contributed by atoms with Crippen LogP contribution in [0.2, 0.25) is 0 Å². The predicted molar refractivity (Wildman–Crippen MR) is 109 cm³/mol. The number of fused-ring (bicyclic) bond motifs is 1. The molecule has 0 spiro atoms. The van der Waals surface area contributed by atoms with E-state index in [1.165, 1.54) is 9.78 Å². The van der Waals surface area contributed by atoms with Gasteiger partial charge in [-0.3, -0.25) is 18.9 Å². The Morgan fingerprint density at radius 3 is 2.62 bits per heavy atom. The van der Waals surface area contributed by atoms with Crippen LogP contribution in [0, 0.1) is 13.8 Å². The van der Waals surface area contributed by atoms with Crippen LogP contribution in [0.5, 0.6) is 0 Å². The van der Waals surface area contributed by atoms with Crippen LogP contribution in [0.1, 0.15) is 32.2 Å². The molecule has 3 aromatic rings. The monoisotopic (exact) mass is 411 g/mol. The van der Waals surface area contributed by atoms with Gasteiger partial charge in [0.1, 0.15) is 0 Å². The maximum absolute atomic E-state index is 12.9. The minimum Gasteiger partial charge on any atom is -0.336 e. The van der Waals surface area contributed by atoms with E-state index < -0.39 is 0 Å². The number of urea groups is 1. The summed E-state index contributed by atoms with van der Waals surface area (Å²) < 4.78 is 2.04. The second kappa shape index (κ2) is 7.32. The molecule has 1 aromatic carbocycles.